The molecule has 76 valence electrons. The van der Waals surface area contributed by atoms with Gasteiger partial charge in [-0.2, -0.15) is 13.2 Å². The lowest BCUT2D eigenvalue weighted by Crippen LogP contribution is -2.48. The highest BCUT2D eigenvalue weighted by Gasteiger charge is 2.42. The number of hydrazine groups is 1. The summed E-state index contributed by atoms with van der Waals surface area (Å²) in [5.41, 5.74) is 1.69. The van der Waals surface area contributed by atoms with Gasteiger partial charge >= 0.3 is 6.18 Å². The second-order valence-corrected chi connectivity index (χ2v) is 2.74. The largest absolute Gasteiger partial charge is 0.496 e. The first-order valence-electron chi connectivity index (χ1n) is 3.91. The molecule has 0 aliphatic carbocycles. The van der Waals surface area contributed by atoms with Crippen LogP contribution in [0.1, 0.15) is 12.8 Å². The number of hydrogen-bond acceptors (Lipinski definition) is 3. The molecule has 0 radical (unpaired) electrons. The zero-order chi connectivity index (χ0) is 9.90. The van der Waals surface area contributed by atoms with Crippen LogP contribution in [-0.2, 0) is 4.74 Å². The summed E-state index contributed by atoms with van der Waals surface area (Å²) in [6, 6.07) is -1.88. The first-order valence-corrected chi connectivity index (χ1v) is 3.91. The highest BCUT2D eigenvalue weighted by atomic mass is 19.4. The van der Waals surface area contributed by atoms with Gasteiger partial charge in [-0.3, -0.25) is 5.84 Å². The van der Waals surface area contributed by atoms with E-state index in [1.807, 2.05) is 0 Å². The van der Waals surface area contributed by atoms with Crippen LogP contribution in [0.25, 0.3) is 0 Å². The Morgan fingerprint density at radius 2 is 2.23 bits per heavy atom. The van der Waals surface area contributed by atoms with Crippen molar-refractivity contribution in [3.05, 3.63) is 11.8 Å². The normalized spacial score (nSPS) is 20.5. The molecule has 3 nitrogen and oxygen atoms in total. The highest BCUT2D eigenvalue weighted by molar-refractivity contribution is 5.07. The SMILES string of the molecule is NNC(C1=CCCCO1)C(F)(F)F. The summed E-state index contributed by atoms with van der Waals surface area (Å²) in [6.07, 6.45) is -1.64. The molecule has 1 aliphatic heterocycles. The molecule has 1 rings (SSSR count). The van der Waals surface area contributed by atoms with Gasteiger partial charge in [0.15, 0.2) is 6.04 Å². The maximum atomic E-state index is 12.2. The van der Waals surface area contributed by atoms with E-state index in [0.717, 1.165) is 6.42 Å². The fourth-order valence-corrected chi connectivity index (χ4v) is 1.12. The van der Waals surface area contributed by atoms with Crippen molar-refractivity contribution in [3.63, 3.8) is 0 Å². The summed E-state index contributed by atoms with van der Waals surface area (Å²) >= 11 is 0. The van der Waals surface area contributed by atoms with E-state index >= 15 is 0 Å². The Balaban J connectivity index is 2.70. The lowest BCUT2D eigenvalue weighted by molar-refractivity contribution is -0.156. The Hall–Kier alpha value is -0.750. The summed E-state index contributed by atoms with van der Waals surface area (Å²) in [5, 5.41) is 0. The van der Waals surface area contributed by atoms with E-state index in [1.165, 1.54) is 6.08 Å². The van der Waals surface area contributed by atoms with Crippen molar-refractivity contribution in [3.8, 4) is 0 Å². The van der Waals surface area contributed by atoms with Gasteiger partial charge in [-0.1, -0.05) is 0 Å². The van der Waals surface area contributed by atoms with Crippen LogP contribution in [0.2, 0.25) is 0 Å². The fourth-order valence-electron chi connectivity index (χ4n) is 1.12. The van der Waals surface area contributed by atoms with Gasteiger partial charge in [-0.25, -0.2) is 5.43 Å². The Labute approximate surface area is 73.7 Å². The molecule has 13 heavy (non-hydrogen) atoms. The molecule has 6 heteroatoms. The van der Waals surface area contributed by atoms with Crippen LogP contribution >= 0.6 is 0 Å². The second kappa shape index (κ2) is 3.97. The highest BCUT2D eigenvalue weighted by Crippen LogP contribution is 2.27. The molecule has 0 aromatic carbocycles. The van der Waals surface area contributed by atoms with Crippen molar-refractivity contribution in [1.82, 2.24) is 5.43 Å². The first-order chi connectivity index (χ1) is 6.05. The number of nitrogens with two attached hydrogens (primary N) is 1. The Morgan fingerprint density at radius 1 is 1.54 bits per heavy atom. The Bertz CT molecular complexity index is 202. The summed E-state index contributed by atoms with van der Waals surface area (Å²) in [4.78, 5) is 0. The minimum atomic E-state index is -4.40. The van der Waals surface area contributed by atoms with Crippen molar-refractivity contribution < 1.29 is 17.9 Å². The van der Waals surface area contributed by atoms with Crippen LogP contribution < -0.4 is 11.3 Å². The number of allylic oxidation sites excluding steroid dienone is 1. The summed E-state index contributed by atoms with van der Waals surface area (Å²) < 4.78 is 41.6. The molecule has 1 unspecified atom stereocenters. The topological polar surface area (TPSA) is 47.3 Å². The number of halogens is 3. The van der Waals surface area contributed by atoms with E-state index in [0.29, 0.717) is 13.0 Å². The molecule has 3 N–H and O–H groups in total. The summed E-state index contributed by atoms with van der Waals surface area (Å²) in [7, 11) is 0. The Kier molecular flexibility index (Phi) is 3.16. The van der Waals surface area contributed by atoms with Gasteiger partial charge in [0.05, 0.1) is 6.61 Å². The van der Waals surface area contributed by atoms with Gasteiger partial charge in [-0.05, 0) is 18.9 Å². The number of rotatable bonds is 2. The molecule has 0 aromatic rings. The molecule has 0 spiro atoms. The zero-order valence-corrected chi connectivity index (χ0v) is 6.90. The third kappa shape index (κ3) is 2.60. The van der Waals surface area contributed by atoms with Crippen LogP contribution in [-0.4, -0.2) is 18.8 Å². The van der Waals surface area contributed by atoms with Crippen molar-refractivity contribution in [1.29, 1.82) is 0 Å². The number of nitrogens with one attached hydrogen (secondary N) is 1. The van der Waals surface area contributed by atoms with Crippen LogP contribution in [0.15, 0.2) is 11.8 Å². The second-order valence-electron chi connectivity index (χ2n) is 2.74. The van der Waals surface area contributed by atoms with E-state index in [-0.39, 0.29) is 5.76 Å². The van der Waals surface area contributed by atoms with Crippen LogP contribution in [0, 0.1) is 0 Å². The fraction of sp³-hybridized carbons (Fsp3) is 0.714. The molecule has 0 saturated heterocycles. The van der Waals surface area contributed by atoms with Crippen LogP contribution in [0.3, 0.4) is 0 Å². The average Bonchev–Trinajstić information content (AvgIpc) is 2.05. The predicted octanol–water partition coefficient (Wildman–Crippen LogP) is 1.07. The third-order valence-corrected chi connectivity index (χ3v) is 1.74. The van der Waals surface area contributed by atoms with Gasteiger partial charge in [0.1, 0.15) is 5.76 Å². The molecular weight excluding hydrogens is 185 g/mol. The summed E-state index contributed by atoms with van der Waals surface area (Å²) in [6.45, 7) is 0.320. The molecule has 0 bridgehead atoms. The average molecular weight is 196 g/mol. The monoisotopic (exact) mass is 196 g/mol. The standard InChI is InChI=1S/C7H11F3N2O/c8-7(9,10)6(12-11)5-3-1-2-4-13-5/h3,6,12H,1-2,4,11H2. The maximum absolute atomic E-state index is 12.2. The third-order valence-electron chi connectivity index (χ3n) is 1.74. The number of hydrogen-bond donors (Lipinski definition) is 2. The molecule has 0 saturated carbocycles. The van der Waals surface area contributed by atoms with Crippen molar-refractivity contribution in [2.24, 2.45) is 5.84 Å². The lowest BCUT2D eigenvalue weighted by Gasteiger charge is -2.24. The van der Waals surface area contributed by atoms with Crippen molar-refractivity contribution in [2.45, 2.75) is 25.1 Å². The molecular formula is C7H11F3N2O. The van der Waals surface area contributed by atoms with Crippen molar-refractivity contribution in [2.75, 3.05) is 6.61 Å². The predicted molar refractivity (Wildman–Crippen MR) is 40.4 cm³/mol. The van der Waals surface area contributed by atoms with E-state index in [1.54, 1.807) is 5.43 Å². The van der Waals surface area contributed by atoms with Crippen LogP contribution in [0.4, 0.5) is 13.2 Å². The van der Waals surface area contributed by atoms with Crippen LogP contribution in [0.5, 0.6) is 0 Å². The molecule has 1 atom stereocenters. The molecule has 0 aromatic heterocycles. The molecule has 1 heterocycles. The number of alkyl halides is 3. The minimum absolute atomic E-state index is 0.124. The van der Waals surface area contributed by atoms with Gasteiger partial charge in [0, 0.05) is 0 Å². The van der Waals surface area contributed by atoms with Gasteiger partial charge < -0.3 is 4.74 Å². The van der Waals surface area contributed by atoms with E-state index in [9.17, 15) is 13.2 Å². The molecule has 0 fully saturated rings. The maximum Gasteiger partial charge on any atom is 0.412 e. The quantitative estimate of drug-likeness (QED) is 0.513. The minimum Gasteiger partial charge on any atom is -0.496 e. The first kappa shape index (κ1) is 10.3. The van der Waals surface area contributed by atoms with Crippen molar-refractivity contribution >= 4 is 0 Å². The Morgan fingerprint density at radius 3 is 2.62 bits per heavy atom. The number of ether oxygens (including phenoxy) is 1. The smallest absolute Gasteiger partial charge is 0.412 e. The molecule has 0 amide bonds. The van der Waals surface area contributed by atoms with Gasteiger partial charge in [-0.15, -0.1) is 0 Å². The van der Waals surface area contributed by atoms with E-state index in [2.05, 4.69) is 0 Å². The summed E-state index contributed by atoms with van der Waals surface area (Å²) in [5.74, 6) is 4.68. The molecule has 1 aliphatic rings. The lowest BCUT2D eigenvalue weighted by atomic mass is 10.1. The van der Waals surface area contributed by atoms with E-state index in [4.69, 9.17) is 10.6 Å². The van der Waals surface area contributed by atoms with E-state index < -0.39 is 12.2 Å². The van der Waals surface area contributed by atoms with Gasteiger partial charge in [0.2, 0.25) is 0 Å². The van der Waals surface area contributed by atoms with Gasteiger partial charge in [0.25, 0.3) is 0 Å². The zero-order valence-electron chi connectivity index (χ0n) is 6.90.